The Hall–Kier alpha value is -2.41. The maximum absolute atomic E-state index is 12.1. The summed E-state index contributed by atoms with van der Waals surface area (Å²) in [7, 11) is 0. The predicted molar refractivity (Wildman–Crippen MR) is 82.4 cm³/mol. The number of carbonyl (C=O) groups is 1. The molecule has 7 nitrogen and oxygen atoms in total. The van der Waals surface area contributed by atoms with E-state index in [0.29, 0.717) is 30.6 Å². The average molecular weight is 304 g/mol. The molecule has 0 unspecified atom stereocenters. The molecular weight excluding hydrogens is 284 g/mol. The van der Waals surface area contributed by atoms with E-state index in [9.17, 15) is 4.79 Å². The Bertz CT molecular complexity index is 604. The number of rotatable bonds is 6. The summed E-state index contributed by atoms with van der Waals surface area (Å²) in [6.07, 6.45) is 0.836. The molecule has 0 aliphatic rings. The lowest BCUT2D eigenvalue weighted by Crippen LogP contribution is -2.37. The Morgan fingerprint density at radius 1 is 1.27 bits per heavy atom. The smallest absolute Gasteiger partial charge is 0.321 e. The Morgan fingerprint density at radius 3 is 2.55 bits per heavy atom. The van der Waals surface area contributed by atoms with Gasteiger partial charge in [-0.2, -0.15) is 0 Å². The summed E-state index contributed by atoms with van der Waals surface area (Å²) in [5.74, 6) is 0.954. The molecule has 0 saturated heterocycles. The number of nitrogens with zero attached hydrogens (tertiary/aromatic N) is 3. The van der Waals surface area contributed by atoms with Crippen LogP contribution in [0.25, 0.3) is 11.5 Å². The van der Waals surface area contributed by atoms with Crippen LogP contribution in [0.2, 0.25) is 0 Å². The van der Waals surface area contributed by atoms with Gasteiger partial charge in [0.05, 0.1) is 6.61 Å². The molecule has 0 fully saturated rings. The molecule has 2 amide bonds. The Kier molecular flexibility index (Phi) is 5.48. The second-order valence-electron chi connectivity index (χ2n) is 4.84. The van der Waals surface area contributed by atoms with Crippen LogP contribution in [-0.4, -0.2) is 45.9 Å². The van der Waals surface area contributed by atoms with Crippen LogP contribution in [0.1, 0.15) is 19.2 Å². The van der Waals surface area contributed by atoms with Gasteiger partial charge in [0.25, 0.3) is 0 Å². The van der Waals surface area contributed by atoms with E-state index in [2.05, 4.69) is 15.5 Å². The van der Waals surface area contributed by atoms with Crippen LogP contribution in [0.15, 0.2) is 28.7 Å². The number of benzene rings is 1. The van der Waals surface area contributed by atoms with Gasteiger partial charge in [0.1, 0.15) is 0 Å². The van der Waals surface area contributed by atoms with Gasteiger partial charge in [0.15, 0.2) is 0 Å². The molecule has 7 heteroatoms. The fraction of sp³-hybridized carbons (Fsp3) is 0.400. The van der Waals surface area contributed by atoms with Crippen molar-refractivity contribution in [3.8, 4) is 11.5 Å². The van der Waals surface area contributed by atoms with Crippen molar-refractivity contribution in [2.75, 3.05) is 25.0 Å². The minimum atomic E-state index is -0.225. The molecule has 1 heterocycles. The van der Waals surface area contributed by atoms with E-state index in [0.717, 1.165) is 12.0 Å². The van der Waals surface area contributed by atoms with E-state index in [4.69, 9.17) is 9.52 Å². The Balaban J connectivity index is 2.02. The van der Waals surface area contributed by atoms with Crippen molar-refractivity contribution in [3.05, 3.63) is 30.2 Å². The second-order valence-corrected chi connectivity index (χ2v) is 4.84. The van der Waals surface area contributed by atoms with Gasteiger partial charge in [0.2, 0.25) is 11.8 Å². The molecule has 0 atom stereocenters. The van der Waals surface area contributed by atoms with Crippen LogP contribution >= 0.6 is 0 Å². The van der Waals surface area contributed by atoms with E-state index < -0.39 is 0 Å². The third-order valence-corrected chi connectivity index (χ3v) is 3.06. The number of amides is 2. The predicted octanol–water partition coefficient (Wildman–Crippen LogP) is 2.28. The average Bonchev–Trinajstić information content (AvgIpc) is 2.94. The first-order valence-corrected chi connectivity index (χ1v) is 7.21. The third kappa shape index (κ3) is 4.05. The molecule has 0 radical (unpaired) electrons. The minimum absolute atomic E-state index is 0.0527. The first kappa shape index (κ1) is 16.0. The monoisotopic (exact) mass is 304 g/mol. The summed E-state index contributed by atoms with van der Waals surface area (Å²) in [4.78, 5) is 13.7. The molecule has 22 heavy (non-hydrogen) atoms. The zero-order chi connectivity index (χ0) is 15.9. The van der Waals surface area contributed by atoms with E-state index in [1.165, 1.54) is 0 Å². The fourth-order valence-corrected chi connectivity index (χ4v) is 2.02. The topological polar surface area (TPSA) is 91.5 Å². The van der Waals surface area contributed by atoms with Gasteiger partial charge in [-0.15, -0.1) is 10.2 Å². The number of aromatic nitrogens is 2. The SMILES string of the molecule is CCCN(CCO)C(=O)Nc1ccc(-c2nnc(C)o2)cc1. The largest absolute Gasteiger partial charge is 0.421 e. The fourth-order valence-electron chi connectivity index (χ4n) is 2.02. The Labute approximate surface area is 129 Å². The summed E-state index contributed by atoms with van der Waals surface area (Å²) < 4.78 is 5.35. The zero-order valence-corrected chi connectivity index (χ0v) is 12.7. The van der Waals surface area contributed by atoms with Gasteiger partial charge < -0.3 is 19.7 Å². The van der Waals surface area contributed by atoms with E-state index >= 15 is 0 Å². The van der Waals surface area contributed by atoms with Crippen molar-refractivity contribution in [1.82, 2.24) is 15.1 Å². The van der Waals surface area contributed by atoms with Gasteiger partial charge >= 0.3 is 6.03 Å². The number of nitrogens with one attached hydrogen (secondary N) is 1. The number of aryl methyl sites for hydroxylation is 1. The molecule has 2 rings (SSSR count). The molecule has 1 aromatic carbocycles. The van der Waals surface area contributed by atoms with Crippen molar-refractivity contribution >= 4 is 11.7 Å². The van der Waals surface area contributed by atoms with E-state index in [1.807, 2.05) is 6.92 Å². The molecule has 118 valence electrons. The lowest BCUT2D eigenvalue weighted by atomic mass is 10.2. The number of aliphatic hydroxyl groups excluding tert-OH is 1. The first-order chi connectivity index (χ1) is 10.6. The number of urea groups is 1. The molecule has 1 aromatic heterocycles. The van der Waals surface area contributed by atoms with Gasteiger partial charge in [-0.3, -0.25) is 0 Å². The van der Waals surface area contributed by atoms with Crippen molar-refractivity contribution < 1.29 is 14.3 Å². The number of aliphatic hydroxyl groups is 1. The van der Waals surface area contributed by atoms with Crippen molar-refractivity contribution in [2.24, 2.45) is 0 Å². The van der Waals surface area contributed by atoms with Crippen LogP contribution in [0.4, 0.5) is 10.5 Å². The second kappa shape index (κ2) is 7.56. The van der Waals surface area contributed by atoms with Crippen LogP contribution < -0.4 is 5.32 Å². The van der Waals surface area contributed by atoms with Crippen LogP contribution in [0.5, 0.6) is 0 Å². The number of hydrogen-bond acceptors (Lipinski definition) is 5. The molecule has 0 spiro atoms. The van der Waals surface area contributed by atoms with Gasteiger partial charge in [0, 0.05) is 31.3 Å². The highest BCUT2D eigenvalue weighted by atomic mass is 16.4. The van der Waals surface area contributed by atoms with Crippen molar-refractivity contribution in [2.45, 2.75) is 20.3 Å². The number of carbonyl (C=O) groups excluding carboxylic acids is 1. The summed E-state index contributed by atoms with van der Waals surface area (Å²) in [5.41, 5.74) is 1.46. The normalized spacial score (nSPS) is 10.5. The summed E-state index contributed by atoms with van der Waals surface area (Å²) >= 11 is 0. The molecule has 2 aromatic rings. The minimum Gasteiger partial charge on any atom is -0.421 e. The zero-order valence-electron chi connectivity index (χ0n) is 12.7. The maximum atomic E-state index is 12.1. The molecule has 2 N–H and O–H groups in total. The highest BCUT2D eigenvalue weighted by Gasteiger charge is 2.12. The highest BCUT2D eigenvalue weighted by molar-refractivity contribution is 5.89. The highest BCUT2D eigenvalue weighted by Crippen LogP contribution is 2.20. The lowest BCUT2D eigenvalue weighted by Gasteiger charge is -2.21. The van der Waals surface area contributed by atoms with E-state index in [-0.39, 0.29) is 12.6 Å². The van der Waals surface area contributed by atoms with Gasteiger partial charge in [-0.05, 0) is 30.7 Å². The van der Waals surface area contributed by atoms with Crippen LogP contribution in [-0.2, 0) is 0 Å². The number of hydrogen-bond donors (Lipinski definition) is 2. The summed E-state index contributed by atoms with van der Waals surface area (Å²) in [6, 6.07) is 6.93. The standard InChI is InChI=1S/C15H20N4O3/c1-3-8-19(9-10-20)15(21)16-13-6-4-12(5-7-13)14-18-17-11(2)22-14/h4-7,20H,3,8-10H2,1-2H3,(H,16,21). The van der Waals surface area contributed by atoms with Gasteiger partial charge in [-0.25, -0.2) is 4.79 Å². The lowest BCUT2D eigenvalue weighted by molar-refractivity contribution is 0.188. The van der Waals surface area contributed by atoms with Crippen molar-refractivity contribution in [1.29, 1.82) is 0 Å². The third-order valence-electron chi connectivity index (χ3n) is 3.06. The maximum Gasteiger partial charge on any atom is 0.321 e. The molecule has 0 aliphatic carbocycles. The number of anilines is 1. The molecule has 0 saturated carbocycles. The molecule has 0 aliphatic heterocycles. The quantitative estimate of drug-likeness (QED) is 0.854. The summed E-state index contributed by atoms with van der Waals surface area (Å²) in [6.45, 7) is 4.58. The Morgan fingerprint density at radius 2 is 2.00 bits per heavy atom. The van der Waals surface area contributed by atoms with Gasteiger partial charge in [-0.1, -0.05) is 6.92 Å². The van der Waals surface area contributed by atoms with Crippen molar-refractivity contribution in [3.63, 3.8) is 0 Å². The first-order valence-electron chi connectivity index (χ1n) is 7.21. The van der Waals surface area contributed by atoms with Crippen LogP contribution in [0, 0.1) is 6.92 Å². The summed E-state index contributed by atoms with van der Waals surface area (Å²) in [5, 5.41) is 19.5. The molecule has 0 bridgehead atoms. The van der Waals surface area contributed by atoms with E-state index in [1.54, 1.807) is 36.1 Å². The molecular formula is C15H20N4O3. The van der Waals surface area contributed by atoms with Crippen LogP contribution in [0.3, 0.4) is 0 Å².